The molecule has 0 bridgehead atoms. The molecule has 1 atom stereocenters. The van der Waals surface area contributed by atoms with E-state index in [0.29, 0.717) is 5.69 Å². The Morgan fingerprint density at radius 3 is 2.50 bits per heavy atom. The molecule has 0 saturated carbocycles. The van der Waals surface area contributed by atoms with Gasteiger partial charge in [-0.1, -0.05) is 42.5 Å². The van der Waals surface area contributed by atoms with Gasteiger partial charge >= 0.3 is 0 Å². The van der Waals surface area contributed by atoms with Crippen molar-refractivity contribution in [1.29, 1.82) is 0 Å². The lowest BCUT2D eigenvalue weighted by molar-refractivity contribution is -0.131. The van der Waals surface area contributed by atoms with Crippen LogP contribution >= 0.6 is 0 Å². The molecule has 30 heavy (non-hydrogen) atoms. The average molecular weight is 428 g/mol. The lowest BCUT2D eigenvalue weighted by Gasteiger charge is -2.32. The van der Waals surface area contributed by atoms with E-state index in [2.05, 4.69) is 17.0 Å². The van der Waals surface area contributed by atoms with Crippen LogP contribution in [0.1, 0.15) is 35.6 Å². The molecule has 0 aromatic heterocycles. The number of nitrogens with zero attached hydrogens (tertiary/aromatic N) is 3. The summed E-state index contributed by atoms with van der Waals surface area (Å²) in [6.45, 7) is 2.99. The Balaban J connectivity index is 1.52. The monoisotopic (exact) mass is 427 g/mol. The zero-order valence-corrected chi connectivity index (χ0v) is 18.4. The fourth-order valence-electron chi connectivity index (χ4n) is 4.39. The summed E-state index contributed by atoms with van der Waals surface area (Å²) in [4.78, 5) is 17.5. The molecule has 0 N–H and O–H groups in total. The van der Waals surface area contributed by atoms with Gasteiger partial charge < -0.3 is 9.80 Å². The number of carbonyl (C=O) groups is 1. The summed E-state index contributed by atoms with van der Waals surface area (Å²) < 4.78 is 25.6. The van der Waals surface area contributed by atoms with Crippen LogP contribution in [-0.4, -0.2) is 57.9 Å². The van der Waals surface area contributed by atoms with E-state index in [4.69, 9.17) is 0 Å². The number of carbonyl (C=O) groups excluding carboxylic acids is 1. The predicted molar refractivity (Wildman–Crippen MR) is 119 cm³/mol. The van der Waals surface area contributed by atoms with E-state index in [1.54, 1.807) is 7.05 Å². The standard InChI is InChI=1S/C23H29N3O3S/c1-24(22(16-26-12-6-7-13-26)19-8-4-3-5-9-19)23(27)15-18-10-11-20-17-30(28,29)25(2)21(20)14-18/h3-5,8-11,14,22H,6-7,12-13,15-17H2,1-2H3/t22-/m1/s1. The maximum Gasteiger partial charge on any atom is 0.239 e. The van der Waals surface area contributed by atoms with Crippen molar-refractivity contribution in [2.24, 2.45) is 0 Å². The van der Waals surface area contributed by atoms with E-state index in [9.17, 15) is 13.2 Å². The van der Waals surface area contributed by atoms with Crippen molar-refractivity contribution in [3.8, 4) is 0 Å². The second-order valence-electron chi connectivity index (χ2n) is 8.30. The third kappa shape index (κ3) is 4.23. The molecule has 0 unspecified atom stereocenters. The number of hydrogen-bond acceptors (Lipinski definition) is 4. The van der Waals surface area contributed by atoms with E-state index in [-0.39, 0.29) is 24.1 Å². The number of benzene rings is 2. The predicted octanol–water partition coefficient (Wildman–Crippen LogP) is 2.80. The minimum atomic E-state index is -3.28. The first kappa shape index (κ1) is 20.9. The number of anilines is 1. The van der Waals surface area contributed by atoms with Gasteiger partial charge in [0.05, 0.1) is 23.9 Å². The smallest absolute Gasteiger partial charge is 0.239 e. The Kier molecular flexibility index (Phi) is 5.84. The van der Waals surface area contributed by atoms with Gasteiger partial charge in [0.25, 0.3) is 0 Å². The molecule has 2 aliphatic heterocycles. The number of likely N-dealkylation sites (tertiary alicyclic amines) is 1. The van der Waals surface area contributed by atoms with Crippen molar-refractivity contribution in [3.63, 3.8) is 0 Å². The molecule has 0 radical (unpaired) electrons. The van der Waals surface area contributed by atoms with Crippen molar-refractivity contribution >= 4 is 21.6 Å². The molecular formula is C23H29N3O3S. The molecule has 6 nitrogen and oxygen atoms in total. The Hall–Kier alpha value is -2.38. The molecule has 1 saturated heterocycles. The minimum Gasteiger partial charge on any atom is -0.337 e. The van der Waals surface area contributed by atoms with Crippen molar-refractivity contribution in [1.82, 2.24) is 9.80 Å². The summed E-state index contributed by atoms with van der Waals surface area (Å²) in [5, 5.41) is 0. The van der Waals surface area contributed by atoms with Gasteiger partial charge in [-0.15, -0.1) is 0 Å². The topological polar surface area (TPSA) is 60.9 Å². The fraction of sp³-hybridized carbons (Fsp3) is 0.435. The van der Waals surface area contributed by atoms with Crippen LogP contribution < -0.4 is 4.31 Å². The van der Waals surface area contributed by atoms with Crippen molar-refractivity contribution in [2.75, 3.05) is 38.0 Å². The van der Waals surface area contributed by atoms with Crippen LogP contribution in [0.3, 0.4) is 0 Å². The first-order chi connectivity index (χ1) is 14.3. The molecule has 2 heterocycles. The molecule has 0 spiro atoms. The van der Waals surface area contributed by atoms with Gasteiger partial charge in [0.15, 0.2) is 0 Å². The van der Waals surface area contributed by atoms with Crippen LogP contribution in [0.5, 0.6) is 0 Å². The van der Waals surface area contributed by atoms with Gasteiger partial charge in [0, 0.05) is 20.6 Å². The third-order valence-electron chi connectivity index (χ3n) is 6.27. The molecule has 2 aromatic rings. The van der Waals surface area contributed by atoms with Gasteiger partial charge in [0.2, 0.25) is 15.9 Å². The lowest BCUT2D eigenvalue weighted by atomic mass is 10.0. The number of rotatable bonds is 6. The molecular weight excluding hydrogens is 398 g/mol. The summed E-state index contributed by atoms with van der Waals surface area (Å²) >= 11 is 0. The van der Waals surface area contributed by atoms with Gasteiger partial charge in [0.1, 0.15) is 0 Å². The largest absolute Gasteiger partial charge is 0.337 e. The van der Waals surface area contributed by atoms with E-state index in [1.807, 2.05) is 48.3 Å². The summed E-state index contributed by atoms with van der Waals surface area (Å²) in [6.07, 6.45) is 2.68. The summed E-state index contributed by atoms with van der Waals surface area (Å²) in [6, 6.07) is 15.7. The number of amides is 1. The Morgan fingerprint density at radius 1 is 1.10 bits per heavy atom. The Bertz CT molecular complexity index is 1020. The van der Waals surface area contributed by atoms with Gasteiger partial charge in [-0.25, -0.2) is 8.42 Å². The third-order valence-corrected chi connectivity index (χ3v) is 7.98. The lowest BCUT2D eigenvalue weighted by Crippen LogP contribution is -2.39. The quantitative estimate of drug-likeness (QED) is 0.711. The van der Waals surface area contributed by atoms with Crippen molar-refractivity contribution in [2.45, 2.75) is 31.1 Å². The molecule has 2 aromatic carbocycles. The van der Waals surface area contributed by atoms with Crippen molar-refractivity contribution < 1.29 is 13.2 Å². The van der Waals surface area contributed by atoms with Crippen LogP contribution in [0.15, 0.2) is 48.5 Å². The zero-order valence-electron chi connectivity index (χ0n) is 17.6. The first-order valence-corrected chi connectivity index (χ1v) is 12.1. The maximum atomic E-state index is 13.2. The van der Waals surface area contributed by atoms with Crippen molar-refractivity contribution in [3.05, 3.63) is 65.2 Å². The number of likely N-dealkylation sites (N-methyl/N-ethyl adjacent to an activating group) is 1. The summed E-state index contributed by atoms with van der Waals surface area (Å²) in [5.41, 5.74) is 3.44. The van der Waals surface area contributed by atoms with Gasteiger partial charge in [-0.05, 0) is 48.7 Å². The van der Waals surface area contributed by atoms with Crippen LogP contribution in [0, 0.1) is 0 Å². The number of sulfonamides is 1. The summed E-state index contributed by atoms with van der Waals surface area (Å²) in [7, 11) is 0.169. The number of hydrogen-bond donors (Lipinski definition) is 0. The molecule has 1 amide bonds. The van der Waals surface area contributed by atoms with E-state index < -0.39 is 10.0 Å². The highest BCUT2D eigenvalue weighted by atomic mass is 32.2. The number of fused-ring (bicyclic) bond motifs is 1. The van der Waals surface area contributed by atoms with Gasteiger partial charge in [-0.3, -0.25) is 9.10 Å². The Labute approximate surface area is 179 Å². The Morgan fingerprint density at radius 2 is 1.80 bits per heavy atom. The second-order valence-corrected chi connectivity index (χ2v) is 10.3. The molecule has 0 aliphatic carbocycles. The molecule has 7 heteroatoms. The maximum absolute atomic E-state index is 13.2. The zero-order chi connectivity index (χ0) is 21.3. The first-order valence-electron chi connectivity index (χ1n) is 10.5. The molecule has 1 fully saturated rings. The summed E-state index contributed by atoms with van der Waals surface area (Å²) in [5.74, 6) is 0.0605. The van der Waals surface area contributed by atoms with E-state index in [0.717, 1.165) is 36.3 Å². The fourth-order valence-corrected chi connectivity index (χ4v) is 5.69. The van der Waals surface area contributed by atoms with Crippen LogP contribution in [0.2, 0.25) is 0 Å². The average Bonchev–Trinajstić information content (AvgIpc) is 3.33. The highest BCUT2D eigenvalue weighted by Gasteiger charge is 2.31. The SMILES string of the molecule is CN(C(=O)Cc1ccc2c(c1)N(C)S(=O)(=O)C2)[C@H](CN1CCCC1)c1ccccc1. The van der Waals surface area contributed by atoms with Crippen LogP contribution in [0.25, 0.3) is 0 Å². The van der Waals surface area contributed by atoms with Gasteiger partial charge in [-0.2, -0.15) is 0 Å². The highest BCUT2D eigenvalue weighted by Crippen LogP contribution is 2.33. The van der Waals surface area contributed by atoms with Crippen LogP contribution in [0.4, 0.5) is 5.69 Å². The molecule has 2 aliphatic rings. The van der Waals surface area contributed by atoms with Crippen LogP contribution in [-0.2, 0) is 27.0 Å². The minimum absolute atomic E-state index is 0.00530. The molecule has 160 valence electrons. The normalized spacial score (nSPS) is 18.9. The second kappa shape index (κ2) is 8.40. The highest BCUT2D eigenvalue weighted by molar-refractivity contribution is 7.92. The van der Waals surface area contributed by atoms with E-state index in [1.165, 1.54) is 17.1 Å². The van der Waals surface area contributed by atoms with E-state index >= 15 is 0 Å². The molecule has 4 rings (SSSR count).